The highest BCUT2D eigenvalue weighted by atomic mass is 19.1. The Morgan fingerprint density at radius 3 is 2.70 bits per heavy atom. The van der Waals surface area contributed by atoms with Crippen molar-refractivity contribution in [2.45, 2.75) is 25.8 Å². The number of benzene rings is 2. The van der Waals surface area contributed by atoms with Crippen molar-refractivity contribution < 1.29 is 18.7 Å². The van der Waals surface area contributed by atoms with E-state index < -0.39 is 0 Å². The largest absolute Gasteiger partial charge is 0.493 e. The third-order valence-corrected chi connectivity index (χ3v) is 4.56. The van der Waals surface area contributed by atoms with E-state index in [-0.39, 0.29) is 30.1 Å². The van der Waals surface area contributed by atoms with Gasteiger partial charge in [0.2, 0.25) is 5.91 Å². The van der Waals surface area contributed by atoms with Crippen LogP contribution in [0.1, 0.15) is 29.3 Å². The molecule has 0 spiro atoms. The summed E-state index contributed by atoms with van der Waals surface area (Å²) in [6.07, 6.45) is 0.936. The van der Waals surface area contributed by atoms with Gasteiger partial charge in [-0.15, -0.1) is 0 Å². The molecule has 0 aromatic heterocycles. The molecule has 1 aliphatic heterocycles. The second kappa shape index (κ2) is 8.66. The number of hydrogen-bond acceptors (Lipinski definition) is 3. The molecule has 2 amide bonds. The first-order valence-electron chi connectivity index (χ1n) is 9.11. The first kappa shape index (κ1) is 18.9. The highest BCUT2D eigenvalue weighted by Gasteiger charge is 2.30. The van der Waals surface area contributed by atoms with Gasteiger partial charge < -0.3 is 15.0 Å². The molecule has 5 nitrogen and oxygen atoms in total. The van der Waals surface area contributed by atoms with Crippen LogP contribution in [0.3, 0.4) is 0 Å². The van der Waals surface area contributed by atoms with E-state index in [9.17, 15) is 14.0 Å². The zero-order valence-corrected chi connectivity index (χ0v) is 15.3. The lowest BCUT2D eigenvalue weighted by Gasteiger charge is -2.17. The molecule has 0 bridgehead atoms. The molecule has 3 rings (SSSR count). The summed E-state index contributed by atoms with van der Waals surface area (Å²) in [4.78, 5) is 26.5. The fraction of sp³-hybridized carbons (Fsp3) is 0.333. The molecule has 1 saturated heterocycles. The fourth-order valence-corrected chi connectivity index (χ4v) is 3.20. The van der Waals surface area contributed by atoms with Crippen molar-refractivity contribution >= 4 is 11.8 Å². The number of amides is 2. The Hall–Kier alpha value is -2.89. The van der Waals surface area contributed by atoms with Crippen molar-refractivity contribution in [2.75, 3.05) is 19.7 Å². The van der Waals surface area contributed by atoms with Crippen molar-refractivity contribution in [3.8, 4) is 5.75 Å². The molecule has 0 aliphatic carbocycles. The van der Waals surface area contributed by atoms with Gasteiger partial charge in [0.05, 0.1) is 18.2 Å². The van der Waals surface area contributed by atoms with Crippen molar-refractivity contribution in [1.82, 2.24) is 10.2 Å². The van der Waals surface area contributed by atoms with E-state index in [1.807, 2.05) is 13.0 Å². The molecule has 1 atom stereocenters. The van der Waals surface area contributed by atoms with Gasteiger partial charge in [-0.1, -0.05) is 24.3 Å². The highest BCUT2D eigenvalue weighted by molar-refractivity contribution is 5.97. The van der Waals surface area contributed by atoms with Crippen LogP contribution in [0.4, 0.5) is 4.39 Å². The van der Waals surface area contributed by atoms with E-state index in [1.54, 1.807) is 35.2 Å². The first-order valence-corrected chi connectivity index (χ1v) is 9.11. The normalized spacial score (nSPS) is 16.4. The summed E-state index contributed by atoms with van der Waals surface area (Å²) in [5.41, 5.74) is 1.44. The third kappa shape index (κ3) is 4.84. The zero-order chi connectivity index (χ0) is 19.2. The van der Waals surface area contributed by atoms with Crippen LogP contribution < -0.4 is 10.1 Å². The number of para-hydroxylation sites is 1. The van der Waals surface area contributed by atoms with Gasteiger partial charge >= 0.3 is 0 Å². The Morgan fingerprint density at radius 1 is 1.22 bits per heavy atom. The lowest BCUT2D eigenvalue weighted by atomic mass is 10.1. The van der Waals surface area contributed by atoms with Gasteiger partial charge in [0.15, 0.2) is 0 Å². The van der Waals surface area contributed by atoms with E-state index in [4.69, 9.17) is 4.74 Å². The molecule has 1 N–H and O–H groups in total. The number of likely N-dealkylation sites (tertiary alicyclic amines) is 1. The molecule has 27 heavy (non-hydrogen) atoms. The summed E-state index contributed by atoms with van der Waals surface area (Å²) in [6, 6.07) is 13.1. The topological polar surface area (TPSA) is 58.6 Å². The predicted octanol–water partition coefficient (Wildman–Crippen LogP) is 2.80. The lowest BCUT2D eigenvalue weighted by molar-refractivity contribution is -0.127. The smallest absolute Gasteiger partial charge is 0.255 e. The Balaban J connectivity index is 1.56. The number of halogens is 1. The molecule has 142 valence electrons. The summed E-state index contributed by atoms with van der Waals surface area (Å²) in [6.45, 7) is 3.36. The number of nitrogens with zero attached hydrogens (tertiary/aromatic N) is 1. The lowest BCUT2D eigenvalue weighted by Crippen LogP contribution is -2.37. The van der Waals surface area contributed by atoms with Gasteiger partial charge in [-0.3, -0.25) is 9.59 Å². The van der Waals surface area contributed by atoms with Crippen LogP contribution in [0, 0.1) is 5.82 Å². The van der Waals surface area contributed by atoms with E-state index in [2.05, 4.69) is 5.32 Å². The molecule has 0 unspecified atom stereocenters. The molecule has 1 heterocycles. The number of carbonyl (C=O) groups is 2. The van der Waals surface area contributed by atoms with Gasteiger partial charge in [-0.25, -0.2) is 4.39 Å². The average Bonchev–Trinajstić information content (AvgIpc) is 3.01. The Kier molecular flexibility index (Phi) is 6.06. The maximum absolute atomic E-state index is 13.0. The highest BCUT2D eigenvalue weighted by Crippen LogP contribution is 2.19. The van der Waals surface area contributed by atoms with E-state index >= 15 is 0 Å². The molecule has 1 aliphatic rings. The number of ether oxygens (including phenoxy) is 1. The summed E-state index contributed by atoms with van der Waals surface area (Å²) in [7, 11) is 0. The minimum Gasteiger partial charge on any atom is -0.493 e. The number of carbonyl (C=O) groups excluding carboxylic acids is 2. The molecular formula is C21H23FN2O3. The minimum atomic E-state index is -0.272. The molecule has 0 radical (unpaired) electrons. The molecule has 1 fully saturated rings. The van der Waals surface area contributed by atoms with Gasteiger partial charge in [0, 0.05) is 19.5 Å². The van der Waals surface area contributed by atoms with Gasteiger partial charge in [0.25, 0.3) is 5.91 Å². The van der Waals surface area contributed by atoms with E-state index in [1.165, 1.54) is 12.1 Å². The van der Waals surface area contributed by atoms with Crippen LogP contribution in [0.15, 0.2) is 48.5 Å². The fourth-order valence-electron chi connectivity index (χ4n) is 3.20. The molecular weight excluding hydrogens is 347 g/mol. The second-order valence-electron chi connectivity index (χ2n) is 6.52. The van der Waals surface area contributed by atoms with Crippen LogP contribution in [0.5, 0.6) is 5.75 Å². The van der Waals surface area contributed by atoms with Crippen LogP contribution >= 0.6 is 0 Å². The third-order valence-electron chi connectivity index (χ3n) is 4.56. The van der Waals surface area contributed by atoms with Crippen molar-refractivity contribution in [1.29, 1.82) is 0 Å². The number of rotatable bonds is 7. The standard InChI is InChI=1S/C21H23FN2O3/c1-2-27-19-6-4-3-5-18(19)21(26)23-17-13-20(25)24(14-17)12-11-15-7-9-16(22)10-8-15/h3-10,17H,2,11-14H2,1H3,(H,23,26)/t17-/m1/s1. The van der Waals surface area contributed by atoms with Gasteiger partial charge in [0.1, 0.15) is 11.6 Å². The van der Waals surface area contributed by atoms with Crippen LogP contribution in [-0.2, 0) is 11.2 Å². The summed E-state index contributed by atoms with van der Waals surface area (Å²) in [5, 5.41) is 2.93. The summed E-state index contributed by atoms with van der Waals surface area (Å²) in [5.74, 6) is 0.0406. The maximum Gasteiger partial charge on any atom is 0.255 e. The number of hydrogen-bond donors (Lipinski definition) is 1. The quantitative estimate of drug-likeness (QED) is 0.815. The van der Waals surface area contributed by atoms with Crippen LogP contribution in [0.2, 0.25) is 0 Å². The second-order valence-corrected chi connectivity index (χ2v) is 6.52. The van der Waals surface area contributed by atoms with Crippen molar-refractivity contribution in [3.05, 3.63) is 65.5 Å². The zero-order valence-electron chi connectivity index (χ0n) is 15.3. The monoisotopic (exact) mass is 370 g/mol. The summed E-state index contributed by atoms with van der Waals surface area (Å²) < 4.78 is 18.5. The van der Waals surface area contributed by atoms with Crippen molar-refractivity contribution in [2.24, 2.45) is 0 Å². The molecule has 2 aromatic rings. The molecule has 6 heteroatoms. The minimum absolute atomic E-state index is 0.0144. The Bertz CT molecular complexity index is 807. The maximum atomic E-state index is 13.0. The SMILES string of the molecule is CCOc1ccccc1C(=O)N[C@@H]1CC(=O)N(CCc2ccc(F)cc2)C1. The van der Waals surface area contributed by atoms with Gasteiger partial charge in [-0.2, -0.15) is 0 Å². The molecule has 2 aromatic carbocycles. The molecule has 0 saturated carbocycles. The van der Waals surface area contributed by atoms with E-state index in [0.717, 1.165) is 5.56 Å². The van der Waals surface area contributed by atoms with E-state index in [0.29, 0.717) is 37.4 Å². The number of nitrogens with one attached hydrogen (secondary N) is 1. The van der Waals surface area contributed by atoms with Crippen molar-refractivity contribution in [3.63, 3.8) is 0 Å². The summed E-state index contributed by atoms with van der Waals surface area (Å²) >= 11 is 0. The van der Waals surface area contributed by atoms with Crippen LogP contribution in [-0.4, -0.2) is 42.5 Å². The van der Waals surface area contributed by atoms with Gasteiger partial charge in [-0.05, 0) is 43.2 Å². The van der Waals surface area contributed by atoms with Crippen LogP contribution in [0.25, 0.3) is 0 Å². The Morgan fingerprint density at radius 2 is 1.96 bits per heavy atom. The average molecular weight is 370 g/mol. The Labute approximate surface area is 158 Å². The predicted molar refractivity (Wildman–Crippen MR) is 100 cm³/mol. The first-order chi connectivity index (χ1) is 13.1.